The minimum Gasteiger partial charge on any atom is -0.382 e. The molecule has 0 saturated carbocycles. The first kappa shape index (κ1) is 10.2. The molecule has 1 saturated heterocycles. The first-order valence-corrected chi connectivity index (χ1v) is 3.97. The van der Waals surface area contributed by atoms with Crippen molar-refractivity contribution in [2.75, 3.05) is 33.9 Å². The second kappa shape index (κ2) is 3.91. The fraction of sp³-hybridized carbons (Fsp3) is 0.857. The number of carbonyl (C=O) groups is 1. The van der Waals surface area contributed by atoms with E-state index in [1.165, 1.54) is 0 Å². The van der Waals surface area contributed by atoms with E-state index in [1.54, 1.807) is 19.1 Å². The van der Waals surface area contributed by atoms with E-state index in [9.17, 15) is 4.79 Å². The summed E-state index contributed by atoms with van der Waals surface area (Å²) in [6.45, 7) is 1.51. The number of urea groups is 1. The van der Waals surface area contributed by atoms with Crippen molar-refractivity contribution in [2.24, 2.45) is 5.84 Å². The molecule has 0 bridgehead atoms. The van der Waals surface area contributed by atoms with Crippen LogP contribution in [0.15, 0.2) is 0 Å². The Balaban J connectivity index is 2.39. The highest BCUT2D eigenvalue weighted by molar-refractivity contribution is 5.74. The average molecular weight is 189 g/mol. The third kappa shape index (κ3) is 1.90. The standard InChI is InChI=1S/C7H15N3O3/c1-12-5-7(13-2)3-10(4-7)6(11)9-8/h3-5,8H2,1-2H3,(H,9,11). The van der Waals surface area contributed by atoms with Crippen molar-refractivity contribution >= 4 is 6.03 Å². The van der Waals surface area contributed by atoms with Gasteiger partial charge in [0, 0.05) is 14.2 Å². The van der Waals surface area contributed by atoms with Crippen molar-refractivity contribution in [3.63, 3.8) is 0 Å². The molecule has 76 valence electrons. The van der Waals surface area contributed by atoms with E-state index >= 15 is 0 Å². The molecule has 1 fully saturated rings. The van der Waals surface area contributed by atoms with E-state index < -0.39 is 0 Å². The lowest BCUT2D eigenvalue weighted by molar-refractivity contribution is -0.138. The third-order valence-corrected chi connectivity index (χ3v) is 2.21. The molecule has 1 heterocycles. The molecule has 0 atom stereocenters. The van der Waals surface area contributed by atoms with Gasteiger partial charge < -0.3 is 14.4 Å². The molecular formula is C7H15N3O3. The highest BCUT2D eigenvalue weighted by Crippen LogP contribution is 2.24. The van der Waals surface area contributed by atoms with Gasteiger partial charge in [0.1, 0.15) is 5.60 Å². The van der Waals surface area contributed by atoms with Gasteiger partial charge in [-0.3, -0.25) is 5.43 Å². The fourth-order valence-electron chi connectivity index (χ4n) is 1.43. The Hall–Kier alpha value is -0.850. The zero-order chi connectivity index (χ0) is 9.90. The number of likely N-dealkylation sites (tertiary alicyclic amines) is 1. The molecule has 0 aromatic carbocycles. The van der Waals surface area contributed by atoms with E-state index in [2.05, 4.69) is 5.43 Å². The van der Waals surface area contributed by atoms with E-state index in [-0.39, 0.29) is 11.6 Å². The van der Waals surface area contributed by atoms with Crippen LogP contribution in [0.3, 0.4) is 0 Å². The largest absolute Gasteiger partial charge is 0.382 e. The van der Waals surface area contributed by atoms with Crippen LogP contribution in [0, 0.1) is 0 Å². The lowest BCUT2D eigenvalue weighted by atomic mass is 9.95. The normalized spacial score (nSPS) is 19.5. The van der Waals surface area contributed by atoms with E-state index in [4.69, 9.17) is 15.3 Å². The second-order valence-electron chi connectivity index (χ2n) is 3.13. The molecule has 1 rings (SSSR count). The molecular weight excluding hydrogens is 174 g/mol. The number of rotatable bonds is 3. The Bertz CT molecular complexity index is 191. The summed E-state index contributed by atoms with van der Waals surface area (Å²) in [5.41, 5.74) is 1.72. The maximum absolute atomic E-state index is 11.0. The lowest BCUT2D eigenvalue weighted by Crippen LogP contribution is -2.68. The van der Waals surface area contributed by atoms with Gasteiger partial charge in [-0.05, 0) is 0 Å². The van der Waals surface area contributed by atoms with Crippen LogP contribution in [0.4, 0.5) is 4.79 Å². The average Bonchev–Trinajstić information content (AvgIpc) is 2.09. The van der Waals surface area contributed by atoms with Gasteiger partial charge in [0.25, 0.3) is 0 Å². The number of carbonyl (C=O) groups excluding carboxylic acids is 1. The zero-order valence-corrected chi connectivity index (χ0v) is 7.87. The van der Waals surface area contributed by atoms with Gasteiger partial charge in [0.2, 0.25) is 0 Å². The third-order valence-electron chi connectivity index (χ3n) is 2.21. The van der Waals surface area contributed by atoms with Crippen molar-refractivity contribution in [2.45, 2.75) is 5.60 Å². The molecule has 0 aromatic heterocycles. The highest BCUT2D eigenvalue weighted by Gasteiger charge is 2.45. The van der Waals surface area contributed by atoms with Crippen LogP contribution in [0.5, 0.6) is 0 Å². The van der Waals surface area contributed by atoms with Crippen LogP contribution in [0.25, 0.3) is 0 Å². The second-order valence-corrected chi connectivity index (χ2v) is 3.13. The van der Waals surface area contributed by atoms with Crippen molar-refractivity contribution in [3.05, 3.63) is 0 Å². The molecule has 3 N–H and O–H groups in total. The van der Waals surface area contributed by atoms with E-state index in [1.807, 2.05) is 0 Å². The summed E-state index contributed by atoms with van der Waals surface area (Å²) in [5, 5.41) is 0. The topological polar surface area (TPSA) is 76.8 Å². The van der Waals surface area contributed by atoms with Crippen LogP contribution in [0.1, 0.15) is 0 Å². The first-order valence-electron chi connectivity index (χ1n) is 3.97. The molecule has 0 spiro atoms. The Labute approximate surface area is 76.9 Å². The number of amides is 2. The van der Waals surface area contributed by atoms with Crippen LogP contribution >= 0.6 is 0 Å². The number of methoxy groups -OCH3 is 2. The van der Waals surface area contributed by atoms with Crippen LogP contribution in [-0.4, -0.2) is 50.4 Å². The summed E-state index contributed by atoms with van der Waals surface area (Å²) in [4.78, 5) is 12.6. The van der Waals surface area contributed by atoms with Crippen LogP contribution in [-0.2, 0) is 9.47 Å². The van der Waals surface area contributed by atoms with Crippen LogP contribution < -0.4 is 11.3 Å². The smallest absolute Gasteiger partial charge is 0.331 e. The summed E-state index contributed by atoms with van der Waals surface area (Å²) >= 11 is 0. The van der Waals surface area contributed by atoms with Gasteiger partial charge >= 0.3 is 6.03 Å². The number of hydrazine groups is 1. The molecule has 6 heteroatoms. The molecule has 0 aliphatic carbocycles. The molecule has 1 aliphatic rings. The minimum atomic E-state index is -0.346. The van der Waals surface area contributed by atoms with Gasteiger partial charge in [0.05, 0.1) is 19.7 Å². The molecule has 0 aromatic rings. The van der Waals surface area contributed by atoms with Crippen molar-refractivity contribution in [1.29, 1.82) is 0 Å². The Kier molecular flexibility index (Phi) is 3.07. The summed E-state index contributed by atoms with van der Waals surface area (Å²) in [7, 11) is 3.21. The molecule has 0 unspecified atom stereocenters. The Morgan fingerprint density at radius 1 is 1.62 bits per heavy atom. The van der Waals surface area contributed by atoms with Crippen molar-refractivity contribution in [1.82, 2.24) is 10.3 Å². The maximum Gasteiger partial charge on any atom is 0.331 e. The quantitative estimate of drug-likeness (QED) is 0.336. The molecule has 0 radical (unpaired) electrons. The Morgan fingerprint density at radius 3 is 2.62 bits per heavy atom. The number of nitrogens with two attached hydrogens (primary N) is 1. The van der Waals surface area contributed by atoms with Crippen molar-refractivity contribution < 1.29 is 14.3 Å². The summed E-state index contributed by atoms with van der Waals surface area (Å²) in [6.07, 6.45) is 0. The molecule has 1 aliphatic heterocycles. The fourth-order valence-corrected chi connectivity index (χ4v) is 1.43. The number of nitrogens with one attached hydrogen (secondary N) is 1. The minimum absolute atomic E-state index is 0.288. The lowest BCUT2D eigenvalue weighted by Gasteiger charge is -2.47. The predicted molar refractivity (Wildman–Crippen MR) is 45.9 cm³/mol. The Morgan fingerprint density at radius 2 is 2.23 bits per heavy atom. The molecule has 13 heavy (non-hydrogen) atoms. The van der Waals surface area contributed by atoms with E-state index in [0.29, 0.717) is 19.7 Å². The maximum atomic E-state index is 11.0. The summed E-state index contributed by atoms with van der Waals surface area (Å²) < 4.78 is 10.2. The first-order chi connectivity index (χ1) is 6.17. The van der Waals surface area contributed by atoms with Gasteiger partial charge in [-0.1, -0.05) is 0 Å². The van der Waals surface area contributed by atoms with Gasteiger partial charge in [-0.2, -0.15) is 0 Å². The number of hydrogen-bond acceptors (Lipinski definition) is 4. The van der Waals surface area contributed by atoms with Gasteiger partial charge in [0.15, 0.2) is 0 Å². The highest BCUT2D eigenvalue weighted by atomic mass is 16.5. The summed E-state index contributed by atoms with van der Waals surface area (Å²) in [5.74, 6) is 4.97. The number of hydrogen-bond donors (Lipinski definition) is 2. The van der Waals surface area contributed by atoms with E-state index in [0.717, 1.165) is 0 Å². The SMILES string of the molecule is COCC1(OC)CN(C(=O)NN)C1. The van der Waals surface area contributed by atoms with Crippen LogP contribution in [0.2, 0.25) is 0 Å². The molecule has 6 nitrogen and oxygen atoms in total. The summed E-state index contributed by atoms with van der Waals surface area (Å²) in [6, 6.07) is -0.288. The zero-order valence-electron chi connectivity index (χ0n) is 7.87. The monoisotopic (exact) mass is 189 g/mol. The molecule has 2 amide bonds. The number of nitrogens with zero attached hydrogens (tertiary/aromatic N) is 1. The number of ether oxygens (including phenoxy) is 2. The predicted octanol–water partition coefficient (Wildman–Crippen LogP) is -1.08. The van der Waals surface area contributed by atoms with Crippen molar-refractivity contribution in [3.8, 4) is 0 Å². The van der Waals surface area contributed by atoms with Gasteiger partial charge in [-0.15, -0.1) is 0 Å². The van der Waals surface area contributed by atoms with Gasteiger partial charge in [-0.25, -0.2) is 10.6 Å².